The number of carboxylic acid groups (broad SMARTS) is 1. The number of carbonyl (C=O) groups is 2. The van der Waals surface area contributed by atoms with Gasteiger partial charge < -0.3 is 16.2 Å². The van der Waals surface area contributed by atoms with E-state index in [0.29, 0.717) is 11.3 Å². The maximum atomic E-state index is 12.6. The highest BCUT2D eigenvalue weighted by Gasteiger charge is 2.17. The summed E-state index contributed by atoms with van der Waals surface area (Å²) in [6.45, 7) is 0. The molecule has 4 rings (SSSR count). The van der Waals surface area contributed by atoms with E-state index < -0.39 is 11.9 Å². The Balaban J connectivity index is 1.68. The van der Waals surface area contributed by atoms with Gasteiger partial charge in [0, 0.05) is 17.4 Å². The third-order valence-electron chi connectivity index (χ3n) is 4.26. The largest absolute Gasteiger partial charge is 0.478 e. The van der Waals surface area contributed by atoms with Crippen LogP contribution in [0.1, 0.15) is 20.7 Å². The smallest absolute Gasteiger partial charge is 0.335 e. The van der Waals surface area contributed by atoms with Gasteiger partial charge in [-0.25, -0.2) is 9.78 Å². The predicted molar refractivity (Wildman–Crippen MR) is 104 cm³/mol. The fraction of sp³-hybridized carbons (Fsp3) is 0. The molecule has 2 heterocycles. The fourth-order valence-electron chi connectivity index (χ4n) is 2.87. The van der Waals surface area contributed by atoms with Gasteiger partial charge in [0.15, 0.2) is 5.65 Å². The highest BCUT2D eigenvalue weighted by Crippen LogP contribution is 2.25. The number of benzene rings is 2. The lowest BCUT2D eigenvalue weighted by Gasteiger charge is -2.09. The number of amides is 1. The number of nitrogens with zero attached hydrogens (tertiary/aromatic N) is 3. The number of carboxylic acids is 1. The SMILES string of the molecule is Nc1c(C(=O)Nc2cccc(C(=O)O)c2)cnc2c(-c3ccccc3)cnn12. The molecule has 138 valence electrons. The summed E-state index contributed by atoms with van der Waals surface area (Å²) in [6.07, 6.45) is 3.03. The predicted octanol–water partition coefficient (Wildman–Crippen LogP) is 2.93. The van der Waals surface area contributed by atoms with Crippen molar-refractivity contribution >= 4 is 29.0 Å². The molecular weight excluding hydrogens is 358 g/mol. The highest BCUT2D eigenvalue weighted by atomic mass is 16.4. The van der Waals surface area contributed by atoms with Crippen molar-refractivity contribution in [2.24, 2.45) is 0 Å². The van der Waals surface area contributed by atoms with Crippen LogP contribution in [0, 0.1) is 0 Å². The van der Waals surface area contributed by atoms with Crippen molar-refractivity contribution in [2.45, 2.75) is 0 Å². The summed E-state index contributed by atoms with van der Waals surface area (Å²) in [5, 5.41) is 16.0. The van der Waals surface area contributed by atoms with E-state index in [1.807, 2.05) is 30.3 Å². The molecule has 0 radical (unpaired) electrons. The second-order valence-corrected chi connectivity index (χ2v) is 6.06. The van der Waals surface area contributed by atoms with Gasteiger partial charge in [0.25, 0.3) is 5.91 Å². The molecule has 8 nitrogen and oxygen atoms in total. The van der Waals surface area contributed by atoms with Crippen LogP contribution in [0.5, 0.6) is 0 Å². The molecule has 0 spiro atoms. The molecule has 0 saturated carbocycles. The second-order valence-electron chi connectivity index (χ2n) is 6.06. The molecule has 2 aromatic carbocycles. The summed E-state index contributed by atoms with van der Waals surface area (Å²) >= 11 is 0. The minimum absolute atomic E-state index is 0.0685. The van der Waals surface area contributed by atoms with Crippen LogP contribution < -0.4 is 11.1 Å². The standard InChI is InChI=1S/C20H15N5O3/c21-17-16(19(26)24-14-8-4-7-13(9-14)20(27)28)10-22-18-15(11-23-25(17)18)12-5-2-1-3-6-12/h1-11H,21H2,(H,24,26)(H,27,28). The van der Waals surface area contributed by atoms with E-state index in [9.17, 15) is 9.59 Å². The van der Waals surface area contributed by atoms with Crippen LogP contribution in [0.3, 0.4) is 0 Å². The van der Waals surface area contributed by atoms with Crippen LogP contribution in [0.25, 0.3) is 16.8 Å². The monoisotopic (exact) mass is 373 g/mol. The number of hydrogen-bond acceptors (Lipinski definition) is 5. The number of fused-ring (bicyclic) bond motifs is 1. The summed E-state index contributed by atoms with van der Waals surface area (Å²) in [4.78, 5) is 28.0. The van der Waals surface area contributed by atoms with Gasteiger partial charge in [-0.1, -0.05) is 36.4 Å². The van der Waals surface area contributed by atoms with Crippen molar-refractivity contribution in [2.75, 3.05) is 11.1 Å². The molecule has 0 aliphatic rings. The molecule has 8 heteroatoms. The van der Waals surface area contributed by atoms with Crippen LogP contribution in [0.15, 0.2) is 67.0 Å². The highest BCUT2D eigenvalue weighted by molar-refractivity contribution is 6.07. The number of aromatic nitrogens is 3. The first kappa shape index (κ1) is 17.2. The quantitative estimate of drug-likeness (QED) is 0.505. The number of rotatable bonds is 4. The molecule has 0 atom stereocenters. The average molecular weight is 373 g/mol. The third-order valence-corrected chi connectivity index (χ3v) is 4.26. The first-order valence-electron chi connectivity index (χ1n) is 8.37. The van der Waals surface area contributed by atoms with Gasteiger partial charge in [0.05, 0.1) is 11.8 Å². The molecule has 1 amide bonds. The van der Waals surface area contributed by atoms with E-state index >= 15 is 0 Å². The van der Waals surface area contributed by atoms with Gasteiger partial charge >= 0.3 is 5.97 Å². The molecular formula is C20H15N5O3. The molecule has 4 N–H and O–H groups in total. The van der Waals surface area contributed by atoms with Crippen molar-refractivity contribution < 1.29 is 14.7 Å². The minimum Gasteiger partial charge on any atom is -0.478 e. The zero-order valence-electron chi connectivity index (χ0n) is 14.5. The first-order chi connectivity index (χ1) is 13.5. The lowest BCUT2D eigenvalue weighted by Crippen LogP contribution is -2.17. The Morgan fingerprint density at radius 1 is 1.04 bits per heavy atom. The average Bonchev–Trinajstić information content (AvgIpc) is 3.14. The summed E-state index contributed by atoms with van der Waals surface area (Å²) < 4.78 is 1.41. The number of nitrogen functional groups attached to an aromatic ring is 1. The van der Waals surface area contributed by atoms with Crippen molar-refractivity contribution in [1.29, 1.82) is 0 Å². The van der Waals surface area contributed by atoms with E-state index in [2.05, 4.69) is 15.4 Å². The zero-order valence-corrected chi connectivity index (χ0v) is 14.5. The Morgan fingerprint density at radius 2 is 1.82 bits per heavy atom. The Kier molecular flexibility index (Phi) is 4.21. The van der Waals surface area contributed by atoms with Crippen molar-refractivity contribution in [3.8, 4) is 11.1 Å². The zero-order chi connectivity index (χ0) is 19.7. The van der Waals surface area contributed by atoms with Gasteiger partial charge in [0.1, 0.15) is 11.4 Å². The Bertz CT molecular complexity index is 1200. The number of nitrogens with one attached hydrogen (secondary N) is 1. The van der Waals surface area contributed by atoms with Crippen molar-refractivity contribution in [1.82, 2.24) is 14.6 Å². The van der Waals surface area contributed by atoms with E-state index in [4.69, 9.17) is 10.8 Å². The lowest BCUT2D eigenvalue weighted by atomic mass is 10.1. The molecule has 2 aromatic heterocycles. The minimum atomic E-state index is -1.08. The maximum absolute atomic E-state index is 12.6. The van der Waals surface area contributed by atoms with Crippen LogP contribution in [0.2, 0.25) is 0 Å². The first-order valence-corrected chi connectivity index (χ1v) is 8.37. The van der Waals surface area contributed by atoms with Gasteiger partial charge in [-0.15, -0.1) is 0 Å². The molecule has 0 saturated heterocycles. The summed E-state index contributed by atoms with van der Waals surface area (Å²) in [6, 6.07) is 15.6. The lowest BCUT2D eigenvalue weighted by molar-refractivity contribution is 0.0696. The van der Waals surface area contributed by atoms with E-state index in [1.165, 1.54) is 22.8 Å². The Hall–Kier alpha value is -4.20. The third kappa shape index (κ3) is 3.03. The van der Waals surface area contributed by atoms with Crippen LogP contribution >= 0.6 is 0 Å². The normalized spacial score (nSPS) is 10.7. The molecule has 28 heavy (non-hydrogen) atoms. The van der Waals surface area contributed by atoms with Crippen molar-refractivity contribution in [3.63, 3.8) is 0 Å². The van der Waals surface area contributed by atoms with Gasteiger partial charge in [-0.3, -0.25) is 4.79 Å². The van der Waals surface area contributed by atoms with Crippen LogP contribution in [0.4, 0.5) is 11.5 Å². The van der Waals surface area contributed by atoms with Gasteiger partial charge in [0.2, 0.25) is 0 Å². The van der Waals surface area contributed by atoms with E-state index in [-0.39, 0.29) is 16.9 Å². The Labute approximate surface area is 159 Å². The molecule has 0 unspecified atom stereocenters. The number of anilines is 2. The molecule has 0 aliphatic carbocycles. The number of carbonyl (C=O) groups excluding carboxylic acids is 1. The summed E-state index contributed by atoms with van der Waals surface area (Å²) in [7, 11) is 0. The van der Waals surface area contributed by atoms with E-state index in [1.54, 1.807) is 18.3 Å². The number of aromatic carboxylic acids is 1. The van der Waals surface area contributed by atoms with Crippen LogP contribution in [-0.2, 0) is 0 Å². The summed E-state index contributed by atoms with van der Waals surface area (Å²) in [5.41, 5.74) is 8.97. The summed E-state index contributed by atoms with van der Waals surface area (Å²) in [5.74, 6) is -1.45. The van der Waals surface area contributed by atoms with Gasteiger partial charge in [-0.2, -0.15) is 9.61 Å². The fourth-order valence-corrected chi connectivity index (χ4v) is 2.87. The van der Waals surface area contributed by atoms with E-state index in [0.717, 1.165) is 11.1 Å². The molecule has 0 aliphatic heterocycles. The Morgan fingerprint density at radius 3 is 2.57 bits per heavy atom. The number of nitrogens with two attached hydrogens (primary N) is 1. The maximum Gasteiger partial charge on any atom is 0.335 e. The molecule has 0 bridgehead atoms. The van der Waals surface area contributed by atoms with Crippen molar-refractivity contribution in [3.05, 3.63) is 78.1 Å². The number of hydrogen-bond donors (Lipinski definition) is 3. The van der Waals surface area contributed by atoms with Gasteiger partial charge in [-0.05, 0) is 23.8 Å². The second kappa shape index (κ2) is 6.84. The molecule has 4 aromatic rings. The van der Waals surface area contributed by atoms with Crippen LogP contribution in [-0.4, -0.2) is 31.6 Å². The topological polar surface area (TPSA) is 123 Å². The molecule has 0 fully saturated rings.